The summed E-state index contributed by atoms with van der Waals surface area (Å²) in [6.07, 6.45) is 4.67. The van der Waals surface area contributed by atoms with Gasteiger partial charge in [-0.2, -0.15) is 0 Å². The molecule has 3 rings (SSSR count). The number of hydrogen-bond acceptors (Lipinski definition) is 6. The number of fused-ring (bicyclic) bond motifs is 1. The van der Waals surface area contributed by atoms with Gasteiger partial charge < -0.3 is 15.5 Å². The molecule has 0 radical (unpaired) electrons. The van der Waals surface area contributed by atoms with Crippen LogP contribution in [0.1, 0.15) is 38.5 Å². The summed E-state index contributed by atoms with van der Waals surface area (Å²) in [5.41, 5.74) is 6.05. The summed E-state index contributed by atoms with van der Waals surface area (Å²) in [6.45, 7) is 0.732. The first-order valence-corrected chi connectivity index (χ1v) is 8.73. The van der Waals surface area contributed by atoms with Crippen LogP contribution in [0.5, 0.6) is 0 Å². The summed E-state index contributed by atoms with van der Waals surface area (Å²) >= 11 is 0. The average Bonchev–Trinajstić information content (AvgIpc) is 3.19. The molecule has 0 bridgehead atoms. The summed E-state index contributed by atoms with van der Waals surface area (Å²) in [5, 5.41) is 13.8. The van der Waals surface area contributed by atoms with Crippen molar-refractivity contribution in [2.45, 2.75) is 50.6 Å². The molecule has 1 saturated carbocycles. The number of aryl methyl sites for hydroxylation is 1. The van der Waals surface area contributed by atoms with E-state index in [0.717, 1.165) is 25.7 Å². The predicted octanol–water partition coefficient (Wildman–Crippen LogP) is 2.09. The number of hydrogen-bond donors (Lipinski definition) is 2. The first-order valence-electron chi connectivity index (χ1n) is 8.73. The minimum Gasteiger partial charge on any atom is -0.407 e. The van der Waals surface area contributed by atoms with Crippen LogP contribution in [-0.4, -0.2) is 27.5 Å². The normalized spacial score (nSPS) is 15.4. The van der Waals surface area contributed by atoms with Crippen LogP contribution in [0.15, 0.2) is 27.4 Å². The smallest absolute Gasteiger partial charge is 0.407 e. The molecule has 1 aromatic carbocycles. The number of rotatable bonds is 7. The molecule has 1 aliphatic rings. The van der Waals surface area contributed by atoms with Crippen LogP contribution in [0.3, 0.4) is 0 Å². The number of non-ortho nitro benzene ring substituents is 1. The monoisotopic (exact) mass is 398 g/mol. The Morgan fingerprint density at radius 2 is 2.07 bits per heavy atom. The van der Waals surface area contributed by atoms with Crippen molar-refractivity contribution < 1.29 is 14.1 Å². The number of benzene rings is 1. The molecule has 1 fully saturated rings. The van der Waals surface area contributed by atoms with Gasteiger partial charge in [0.25, 0.3) is 5.69 Å². The molecule has 2 aromatic rings. The summed E-state index contributed by atoms with van der Waals surface area (Å²) < 4.78 is 6.46. The van der Waals surface area contributed by atoms with Crippen LogP contribution in [-0.2, 0) is 11.3 Å². The highest BCUT2D eigenvalue weighted by molar-refractivity contribution is 5.85. The molecule has 148 valence electrons. The number of nitro groups is 1. The van der Waals surface area contributed by atoms with Crippen molar-refractivity contribution in [3.05, 3.63) is 38.9 Å². The maximum Gasteiger partial charge on any atom is 0.419 e. The van der Waals surface area contributed by atoms with Gasteiger partial charge in [-0.25, -0.2) is 4.79 Å². The fraction of sp³-hybridized carbons (Fsp3) is 0.529. The molecule has 1 aromatic heterocycles. The molecule has 0 aliphatic heterocycles. The number of nitro benzene ring substituents is 1. The molecule has 0 saturated heterocycles. The topological polar surface area (TPSA) is 133 Å². The average molecular weight is 399 g/mol. The molecule has 3 N–H and O–H groups in total. The second kappa shape index (κ2) is 8.53. The van der Waals surface area contributed by atoms with Crippen molar-refractivity contribution in [3.8, 4) is 0 Å². The third kappa shape index (κ3) is 4.48. The molecule has 1 heterocycles. The zero-order valence-corrected chi connectivity index (χ0v) is 15.6. The van der Waals surface area contributed by atoms with Gasteiger partial charge in [0.1, 0.15) is 0 Å². The predicted molar refractivity (Wildman–Crippen MR) is 102 cm³/mol. The Bertz CT molecular complexity index is 885. The highest BCUT2D eigenvalue weighted by Gasteiger charge is 2.33. The van der Waals surface area contributed by atoms with Crippen LogP contribution in [0, 0.1) is 10.1 Å². The maximum absolute atomic E-state index is 12.2. The van der Waals surface area contributed by atoms with Gasteiger partial charge in [0.2, 0.25) is 5.91 Å². The zero-order chi connectivity index (χ0) is 18.7. The lowest BCUT2D eigenvalue weighted by Crippen LogP contribution is -2.51. The molecule has 9 nitrogen and oxygen atoms in total. The second-order valence-electron chi connectivity index (χ2n) is 6.77. The number of nitrogens with two attached hydrogens (primary N) is 1. The van der Waals surface area contributed by atoms with Crippen LogP contribution in [0.25, 0.3) is 11.1 Å². The number of nitrogens with zero attached hydrogens (tertiary/aromatic N) is 2. The Morgan fingerprint density at radius 3 is 2.70 bits per heavy atom. The van der Waals surface area contributed by atoms with Crippen LogP contribution < -0.4 is 16.8 Å². The number of nitrogens with one attached hydrogen (secondary N) is 1. The third-order valence-corrected chi connectivity index (χ3v) is 5.00. The minimum absolute atomic E-state index is 0. The van der Waals surface area contributed by atoms with E-state index in [0.29, 0.717) is 25.0 Å². The summed E-state index contributed by atoms with van der Waals surface area (Å²) in [5.74, 6) is -0.663. The second-order valence-corrected chi connectivity index (χ2v) is 6.77. The van der Waals surface area contributed by atoms with Crippen molar-refractivity contribution >= 4 is 35.1 Å². The van der Waals surface area contributed by atoms with E-state index in [-0.39, 0.29) is 41.5 Å². The van der Waals surface area contributed by atoms with Crippen molar-refractivity contribution in [3.63, 3.8) is 0 Å². The Morgan fingerprint density at radius 1 is 1.37 bits per heavy atom. The van der Waals surface area contributed by atoms with E-state index in [1.165, 1.54) is 22.8 Å². The Labute approximate surface area is 161 Å². The highest BCUT2D eigenvalue weighted by Crippen LogP contribution is 2.28. The fourth-order valence-corrected chi connectivity index (χ4v) is 3.57. The Kier molecular flexibility index (Phi) is 6.61. The van der Waals surface area contributed by atoms with E-state index < -0.39 is 10.7 Å². The van der Waals surface area contributed by atoms with Gasteiger partial charge in [-0.15, -0.1) is 12.4 Å². The molecule has 0 atom stereocenters. The minimum atomic E-state index is -0.588. The Balaban J connectivity index is 0.00000261. The first kappa shape index (κ1) is 20.9. The van der Waals surface area contributed by atoms with Crippen LogP contribution in [0.2, 0.25) is 0 Å². The zero-order valence-electron chi connectivity index (χ0n) is 14.8. The molecule has 27 heavy (non-hydrogen) atoms. The molecule has 0 unspecified atom stereocenters. The number of oxazole rings is 1. The van der Waals surface area contributed by atoms with E-state index in [1.54, 1.807) is 0 Å². The third-order valence-electron chi connectivity index (χ3n) is 5.00. The summed E-state index contributed by atoms with van der Waals surface area (Å²) in [4.78, 5) is 34.4. The molecule has 1 amide bonds. The van der Waals surface area contributed by atoms with E-state index in [1.807, 2.05) is 0 Å². The van der Waals surface area contributed by atoms with Crippen molar-refractivity contribution in [2.24, 2.45) is 5.73 Å². The first-order chi connectivity index (χ1) is 12.4. The number of halogens is 1. The number of aromatic nitrogens is 1. The largest absolute Gasteiger partial charge is 0.419 e. The van der Waals surface area contributed by atoms with E-state index in [4.69, 9.17) is 10.2 Å². The molecular formula is C17H23ClN4O5. The molecule has 10 heteroatoms. The molecule has 1 aliphatic carbocycles. The standard InChI is InChI=1S/C17H22N4O5.ClH/c18-11-17(7-1-2-8-17)19-15(22)4-3-9-20-13-6-5-12(21(24)25)10-14(13)26-16(20)23;/h5-6,10H,1-4,7-9,11,18H2,(H,19,22);1H. The van der Waals surface area contributed by atoms with Gasteiger partial charge in [0.15, 0.2) is 5.58 Å². The van der Waals surface area contributed by atoms with Gasteiger partial charge in [-0.1, -0.05) is 12.8 Å². The van der Waals surface area contributed by atoms with Gasteiger partial charge in [-0.3, -0.25) is 19.5 Å². The van der Waals surface area contributed by atoms with E-state index >= 15 is 0 Å². The van der Waals surface area contributed by atoms with Crippen LogP contribution in [0.4, 0.5) is 5.69 Å². The number of amides is 1. The van der Waals surface area contributed by atoms with Crippen molar-refractivity contribution in [1.82, 2.24) is 9.88 Å². The lowest BCUT2D eigenvalue weighted by molar-refractivity contribution is -0.384. The Hall–Kier alpha value is -2.39. The summed E-state index contributed by atoms with van der Waals surface area (Å²) in [7, 11) is 0. The van der Waals surface area contributed by atoms with Gasteiger partial charge >= 0.3 is 5.76 Å². The highest BCUT2D eigenvalue weighted by atomic mass is 35.5. The van der Waals surface area contributed by atoms with E-state index in [2.05, 4.69) is 5.32 Å². The van der Waals surface area contributed by atoms with Gasteiger partial charge in [-0.05, 0) is 25.3 Å². The van der Waals surface area contributed by atoms with Gasteiger partial charge in [0, 0.05) is 25.6 Å². The van der Waals surface area contributed by atoms with Gasteiger partial charge in [0.05, 0.1) is 22.0 Å². The van der Waals surface area contributed by atoms with Crippen molar-refractivity contribution in [1.29, 1.82) is 0 Å². The maximum atomic E-state index is 12.2. The lowest BCUT2D eigenvalue weighted by atomic mass is 9.97. The fourth-order valence-electron chi connectivity index (χ4n) is 3.57. The molecular weight excluding hydrogens is 376 g/mol. The van der Waals surface area contributed by atoms with Crippen molar-refractivity contribution in [2.75, 3.05) is 6.54 Å². The number of carbonyl (C=O) groups is 1. The SMILES string of the molecule is Cl.NCC1(NC(=O)CCCn2c(=O)oc3cc([N+](=O)[O-])ccc32)CCCC1. The van der Waals surface area contributed by atoms with Crippen LogP contribution >= 0.6 is 12.4 Å². The molecule has 0 spiro atoms. The quantitative estimate of drug-likeness (QED) is 0.541. The summed E-state index contributed by atoms with van der Waals surface area (Å²) in [6, 6.07) is 4.04. The van der Waals surface area contributed by atoms with E-state index in [9.17, 15) is 19.7 Å². The lowest BCUT2D eigenvalue weighted by Gasteiger charge is -2.28. The number of carbonyl (C=O) groups excluding carboxylic acids is 1.